The highest BCUT2D eigenvalue weighted by Gasteiger charge is 2.18. The van der Waals surface area contributed by atoms with E-state index < -0.39 is 0 Å². The molecule has 0 aliphatic carbocycles. The van der Waals surface area contributed by atoms with Crippen LogP contribution in [0.25, 0.3) is 0 Å². The number of halogens is 2. The smallest absolute Gasteiger partial charge is 0.102 e. The molecule has 0 aliphatic heterocycles. The molecule has 2 aromatic rings. The molecule has 2 aromatic heterocycles. The highest BCUT2D eigenvalue weighted by atomic mass is 79.9. The van der Waals surface area contributed by atoms with Crippen molar-refractivity contribution in [3.8, 4) is 0 Å². The lowest BCUT2D eigenvalue weighted by atomic mass is 10.1. The van der Waals surface area contributed by atoms with Gasteiger partial charge in [0.1, 0.15) is 5.38 Å². The molecule has 0 fully saturated rings. The molecular weight excluding hydrogens is 324 g/mol. The zero-order valence-electron chi connectivity index (χ0n) is 9.09. The summed E-state index contributed by atoms with van der Waals surface area (Å²) >= 11 is 13.6. The topological polar surface area (TPSA) is 0 Å². The zero-order valence-corrected chi connectivity index (χ0v) is 13.1. The number of aryl methyl sites for hydroxylation is 2. The fourth-order valence-corrected chi connectivity index (χ4v) is 4.71. The molecule has 0 saturated heterocycles. The molecule has 2 heterocycles. The Morgan fingerprint density at radius 1 is 1.50 bits per heavy atom. The molecule has 0 nitrogen and oxygen atoms in total. The van der Waals surface area contributed by atoms with E-state index in [0.717, 1.165) is 6.42 Å². The van der Waals surface area contributed by atoms with Crippen molar-refractivity contribution in [2.45, 2.75) is 25.6 Å². The lowest BCUT2D eigenvalue weighted by Gasteiger charge is -2.07. The predicted molar refractivity (Wildman–Crippen MR) is 78.1 cm³/mol. The number of hydrogen-bond donors (Lipinski definition) is 0. The summed E-state index contributed by atoms with van der Waals surface area (Å²) in [5, 5.41) is 2.13. The molecule has 0 aliphatic rings. The van der Waals surface area contributed by atoms with E-state index in [4.69, 9.17) is 11.6 Å². The lowest BCUT2D eigenvalue weighted by molar-refractivity contribution is 1.09. The molecule has 4 heteroatoms. The molecule has 0 amide bonds. The van der Waals surface area contributed by atoms with Crippen molar-refractivity contribution in [3.05, 3.63) is 42.2 Å². The van der Waals surface area contributed by atoms with Gasteiger partial charge >= 0.3 is 0 Å². The van der Waals surface area contributed by atoms with E-state index >= 15 is 0 Å². The Balaban J connectivity index is 2.35. The van der Waals surface area contributed by atoms with Crippen molar-refractivity contribution in [1.82, 2.24) is 0 Å². The third kappa shape index (κ3) is 2.37. The maximum absolute atomic E-state index is 6.54. The van der Waals surface area contributed by atoms with Crippen molar-refractivity contribution >= 4 is 50.2 Å². The van der Waals surface area contributed by atoms with Gasteiger partial charge in [0.15, 0.2) is 0 Å². The first-order chi connectivity index (χ1) is 7.63. The molecule has 1 atom stereocenters. The average Bonchev–Trinajstić information content (AvgIpc) is 2.85. The van der Waals surface area contributed by atoms with Crippen molar-refractivity contribution in [2.75, 3.05) is 0 Å². The highest BCUT2D eigenvalue weighted by molar-refractivity contribution is 9.11. The molecule has 86 valence electrons. The third-order valence-corrected chi connectivity index (χ3v) is 6.46. The van der Waals surface area contributed by atoms with Crippen LogP contribution in [0.2, 0.25) is 0 Å². The molecule has 0 saturated carbocycles. The van der Waals surface area contributed by atoms with Crippen molar-refractivity contribution in [2.24, 2.45) is 0 Å². The Morgan fingerprint density at radius 3 is 2.81 bits per heavy atom. The summed E-state index contributed by atoms with van der Waals surface area (Å²) in [4.78, 5) is 2.51. The summed E-state index contributed by atoms with van der Waals surface area (Å²) in [5.74, 6) is 0. The predicted octanol–water partition coefficient (Wildman–Crippen LogP) is 5.77. The maximum Gasteiger partial charge on any atom is 0.102 e. The second-order valence-corrected chi connectivity index (χ2v) is 7.42. The fraction of sp³-hybridized carbons (Fsp3) is 0.333. The van der Waals surface area contributed by atoms with E-state index in [1.807, 2.05) is 0 Å². The molecule has 0 bridgehead atoms. The van der Waals surface area contributed by atoms with Crippen LogP contribution in [0.5, 0.6) is 0 Å². The second-order valence-electron chi connectivity index (χ2n) is 3.63. The first-order valence-corrected chi connectivity index (χ1v) is 8.02. The summed E-state index contributed by atoms with van der Waals surface area (Å²) in [6, 6.07) is 4.34. The van der Waals surface area contributed by atoms with Crippen LogP contribution < -0.4 is 0 Å². The number of hydrogen-bond acceptors (Lipinski definition) is 2. The molecular formula is C12H12BrClS2. The van der Waals surface area contributed by atoms with Gasteiger partial charge in [0.2, 0.25) is 0 Å². The van der Waals surface area contributed by atoms with Crippen LogP contribution in [0.4, 0.5) is 0 Å². The second kappa shape index (κ2) is 5.21. The van der Waals surface area contributed by atoms with Gasteiger partial charge in [0.25, 0.3) is 0 Å². The summed E-state index contributed by atoms with van der Waals surface area (Å²) in [5.41, 5.74) is 2.63. The lowest BCUT2D eigenvalue weighted by Crippen LogP contribution is -1.90. The largest absolute Gasteiger partial charge is 0.147 e. The van der Waals surface area contributed by atoms with Gasteiger partial charge in [0, 0.05) is 9.75 Å². The average molecular weight is 336 g/mol. The van der Waals surface area contributed by atoms with Crippen LogP contribution in [-0.4, -0.2) is 0 Å². The summed E-state index contributed by atoms with van der Waals surface area (Å²) in [7, 11) is 0. The van der Waals surface area contributed by atoms with Gasteiger partial charge in [-0.05, 0) is 57.9 Å². The first-order valence-electron chi connectivity index (χ1n) is 5.09. The van der Waals surface area contributed by atoms with Gasteiger partial charge in [-0.25, -0.2) is 0 Å². The van der Waals surface area contributed by atoms with E-state index in [0.29, 0.717) is 0 Å². The van der Waals surface area contributed by atoms with Crippen LogP contribution in [0.1, 0.15) is 33.2 Å². The van der Waals surface area contributed by atoms with Gasteiger partial charge in [-0.3, -0.25) is 0 Å². The van der Waals surface area contributed by atoms with Gasteiger partial charge in [0.05, 0.1) is 3.79 Å². The van der Waals surface area contributed by atoms with Crippen molar-refractivity contribution in [3.63, 3.8) is 0 Å². The monoisotopic (exact) mass is 334 g/mol. The Kier molecular flexibility index (Phi) is 4.11. The van der Waals surface area contributed by atoms with Crippen LogP contribution in [0.3, 0.4) is 0 Å². The van der Waals surface area contributed by atoms with Crippen LogP contribution in [0.15, 0.2) is 21.3 Å². The quantitative estimate of drug-likeness (QED) is 0.624. The van der Waals surface area contributed by atoms with Crippen LogP contribution in [0, 0.1) is 6.92 Å². The van der Waals surface area contributed by atoms with Gasteiger partial charge in [-0.1, -0.05) is 6.92 Å². The zero-order chi connectivity index (χ0) is 11.7. The van der Waals surface area contributed by atoms with Gasteiger partial charge < -0.3 is 0 Å². The SMILES string of the molecule is CCc1ccsc1C(Cl)c1cc(C)c(Br)s1. The number of rotatable bonds is 3. The number of thiophene rings is 2. The standard InChI is InChI=1S/C12H12BrClS2/c1-3-8-4-5-15-11(8)10(14)9-6-7(2)12(13)16-9/h4-6,10H,3H2,1-2H3. The Labute approximate surface area is 117 Å². The molecule has 1 unspecified atom stereocenters. The van der Waals surface area contributed by atoms with E-state index in [9.17, 15) is 0 Å². The van der Waals surface area contributed by atoms with E-state index in [-0.39, 0.29) is 5.38 Å². The fourth-order valence-electron chi connectivity index (χ4n) is 1.60. The highest BCUT2D eigenvalue weighted by Crippen LogP contribution is 2.41. The Morgan fingerprint density at radius 2 is 2.25 bits per heavy atom. The normalized spacial score (nSPS) is 13.0. The minimum Gasteiger partial charge on any atom is -0.147 e. The van der Waals surface area contributed by atoms with Crippen LogP contribution >= 0.6 is 50.2 Å². The minimum atomic E-state index is 0.00458. The van der Waals surface area contributed by atoms with Gasteiger partial charge in [-0.2, -0.15) is 0 Å². The molecule has 0 aromatic carbocycles. The third-order valence-electron chi connectivity index (χ3n) is 2.52. The minimum absolute atomic E-state index is 0.00458. The Hall–Kier alpha value is 0.170. The molecule has 0 spiro atoms. The van der Waals surface area contributed by atoms with Gasteiger partial charge in [-0.15, -0.1) is 34.3 Å². The number of alkyl halides is 1. The molecule has 0 radical (unpaired) electrons. The van der Waals surface area contributed by atoms with E-state index in [1.54, 1.807) is 22.7 Å². The van der Waals surface area contributed by atoms with E-state index in [2.05, 4.69) is 47.3 Å². The van der Waals surface area contributed by atoms with Crippen LogP contribution in [-0.2, 0) is 6.42 Å². The first kappa shape index (κ1) is 12.6. The summed E-state index contributed by atoms with van der Waals surface area (Å²) in [6.45, 7) is 4.27. The summed E-state index contributed by atoms with van der Waals surface area (Å²) < 4.78 is 1.18. The molecule has 2 rings (SSSR count). The maximum atomic E-state index is 6.54. The Bertz CT molecular complexity index is 467. The summed E-state index contributed by atoms with van der Waals surface area (Å²) in [6.07, 6.45) is 1.05. The van der Waals surface area contributed by atoms with Crippen molar-refractivity contribution < 1.29 is 0 Å². The molecule has 16 heavy (non-hydrogen) atoms. The van der Waals surface area contributed by atoms with E-state index in [1.165, 1.54) is 24.7 Å². The van der Waals surface area contributed by atoms with Crippen molar-refractivity contribution in [1.29, 1.82) is 0 Å². The molecule has 0 N–H and O–H groups in total.